The molecule has 2 N–H and O–H groups in total. The summed E-state index contributed by atoms with van der Waals surface area (Å²) in [6.07, 6.45) is 1.48. The van der Waals surface area contributed by atoms with Gasteiger partial charge in [0, 0.05) is 24.0 Å². The van der Waals surface area contributed by atoms with Crippen LogP contribution in [-0.4, -0.2) is 15.9 Å². The lowest BCUT2D eigenvalue weighted by atomic mass is 10.1. The Morgan fingerprint density at radius 2 is 1.78 bits per heavy atom. The molecule has 1 amide bonds. The predicted octanol–water partition coefficient (Wildman–Crippen LogP) is 4.41. The first-order chi connectivity index (χ1) is 12.9. The number of amides is 1. The van der Waals surface area contributed by atoms with Crippen molar-refractivity contribution in [3.8, 4) is 0 Å². The van der Waals surface area contributed by atoms with Crippen molar-refractivity contribution in [3.05, 3.63) is 82.4 Å². The number of nitrogens with one attached hydrogen (secondary N) is 2. The van der Waals surface area contributed by atoms with Gasteiger partial charge in [-0.05, 0) is 50.1 Å². The molecule has 0 unspecified atom stereocenters. The van der Waals surface area contributed by atoms with Gasteiger partial charge in [-0.15, -0.1) is 0 Å². The summed E-state index contributed by atoms with van der Waals surface area (Å²) in [4.78, 5) is 21.0. The van der Waals surface area contributed by atoms with Gasteiger partial charge in [0.1, 0.15) is 5.82 Å². The third-order valence-corrected chi connectivity index (χ3v) is 4.10. The largest absolute Gasteiger partial charge is 0.350 e. The smallest absolute Gasteiger partial charge is 0.259 e. The van der Waals surface area contributed by atoms with Crippen LogP contribution in [0.2, 0.25) is 0 Å². The second-order valence-corrected chi connectivity index (χ2v) is 6.47. The fourth-order valence-electron chi connectivity index (χ4n) is 2.84. The van der Waals surface area contributed by atoms with Gasteiger partial charge in [0.2, 0.25) is 5.95 Å². The van der Waals surface area contributed by atoms with Crippen LogP contribution in [-0.2, 0) is 6.54 Å². The first kappa shape index (κ1) is 18.5. The Balaban J connectivity index is 1.70. The van der Waals surface area contributed by atoms with E-state index in [-0.39, 0.29) is 18.3 Å². The molecule has 0 aliphatic heterocycles. The summed E-state index contributed by atoms with van der Waals surface area (Å²) in [7, 11) is 0. The van der Waals surface area contributed by atoms with E-state index in [2.05, 4.69) is 20.6 Å². The highest BCUT2D eigenvalue weighted by Crippen LogP contribution is 2.16. The molecule has 3 aromatic rings. The molecule has 0 fully saturated rings. The Bertz CT molecular complexity index is 967. The molecule has 1 aromatic heterocycles. The lowest BCUT2D eigenvalue weighted by Gasteiger charge is -2.11. The van der Waals surface area contributed by atoms with E-state index in [1.807, 2.05) is 32.0 Å². The summed E-state index contributed by atoms with van der Waals surface area (Å²) >= 11 is 0. The van der Waals surface area contributed by atoms with Gasteiger partial charge in [0.05, 0.1) is 11.3 Å². The first-order valence-electron chi connectivity index (χ1n) is 8.63. The molecule has 6 heteroatoms. The highest BCUT2D eigenvalue weighted by Gasteiger charge is 2.13. The Hall–Kier alpha value is -3.28. The second kappa shape index (κ2) is 7.95. The number of aromatic nitrogens is 2. The molecule has 2 aromatic carbocycles. The number of halogens is 1. The van der Waals surface area contributed by atoms with Crippen molar-refractivity contribution in [2.75, 3.05) is 10.6 Å². The van der Waals surface area contributed by atoms with Crippen LogP contribution < -0.4 is 10.6 Å². The second-order valence-electron chi connectivity index (χ2n) is 6.47. The van der Waals surface area contributed by atoms with Crippen LogP contribution in [0, 0.1) is 26.6 Å². The summed E-state index contributed by atoms with van der Waals surface area (Å²) < 4.78 is 13.7. The van der Waals surface area contributed by atoms with E-state index < -0.39 is 0 Å². The molecule has 0 atom stereocenters. The highest BCUT2D eigenvalue weighted by molar-refractivity contribution is 6.04. The lowest BCUT2D eigenvalue weighted by Crippen LogP contribution is -2.16. The quantitative estimate of drug-likeness (QED) is 0.704. The van der Waals surface area contributed by atoms with Gasteiger partial charge in [-0.1, -0.05) is 24.3 Å². The van der Waals surface area contributed by atoms with Gasteiger partial charge >= 0.3 is 0 Å². The highest BCUT2D eigenvalue weighted by atomic mass is 19.1. The molecule has 0 spiro atoms. The van der Waals surface area contributed by atoms with E-state index in [0.29, 0.717) is 22.8 Å². The average molecular weight is 364 g/mol. The molecule has 0 aliphatic carbocycles. The number of carbonyl (C=O) groups is 1. The number of hydrogen-bond donors (Lipinski definition) is 2. The van der Waals surface area contributed by atoms with E-state index in [1.54, 1.807) is 25.1 Å². The van der Waals surface area contributed by atoms with Crippen molar-refractivity contribution in [3.63, 3.8) is 0 Å². The molecule has 0 aliphatic rings. The van der Waals surface area contributed by atoms with Gasteiger partial charge in [0.25, 0.3) is 5.91 Å². The van der Waals surface area contributed by atoms with Crippen LogP contribution in [0.15, 0.2) is 48.7 Å². The Kier molecular flexibility index (Phi) is 5.45. The minimum Gasteiger partial charge on any atom is -0.350 e. The maximum Gasteiger partial charge on any atom is 0.259 e. The molecule has 0 saturated carbocycles. The SMILES string of the molecule is Cc1cc(C)cc(NC(=O)c2cnc(NCc3ccccc3F)nc2C)c1. The van der Waals surface area contributed by atoms with E-state index >= 15 is 0 Å². The molecule has 0 radical (unpaired) electrons. The zero-order valence-corrected chi connectivity index (χ0v) is 15.5. The van der Waals surface area contributed by atoms with Crippen molar-refractivity contribution < 1.29 is 9.18 Å². The van der Waals surface area contributed by atoms with Crippen LogP contribution in [0.5, 0.6) is 0 Å². The summed E-state index contributed by atoms with van der Waals surface area (Å²) in [6.45, 7) is 5.96. The van der Waals surface area contributed by atoms with Crippen molar-refractivity contribution in [1.29, 1.82) is 0 Å². The number of rotatable bonds is 5. The van der Waals surface area contributed by atoms with Crippen molar-refractivity contribution in [1.82, 2.24) is 9.97 Å². The monoisotopic (exact) mass is 364 g/mol. The fourth-order valence-corrected chi connectivity index (χ4v) is 2.84. The van der Waals surface area contributed by atoms with Gasteiger partial charge in [-0.2, -0.15) is 0 Å². The van der Waals surface area contributed by atoms with Gasteiger partial charge in [0.15, 0.2) is 0 Å². The summed E-state index contributed by atoms with van der Waals surface area (Å²) in [5, 5.41) is 5.86. The number of carbonyl (C=O) groups excluding carboxylic acids is 1. The van der Waals surface area contributed by atoms with Crippen LogP contribution in [0.1, 0.15) is 32.7 Å². The maximum absolute atomic E-state index is 13.7. The number of aryl methyl sites for hydroxylation is 3. The van der Waals surface area contributed by atoms with Gasteiger partial charge in [-0.3, -0.25) is 4.79 Å². The topological polar surface area (TPSA) is 66.9 Å². The zero-order chi connectivity index (χ0) is 19.4. The number of hydrogen-bond acceptors (Lipinski definition) is 4. The molecule has 138 valence electrons. The number of nitrogens with zero attached hydrogens (tertiary/aromatic N) is 2. The van der Waals surface area contributed by atoms with E-state index in [0.717, 1.165) is 16.8 Å². The molecular weight excluding hydrogens is 343 g/mol. The third-order valence-electron chi connectivity index (χ3n) is 4.10. The van der Waals surface area contributed by atoms with Crippen molar-refractivity contribution >= 4 is 17.5 Å². The number of benzene rings is 2. The Labute approximate surface area is 157 Å². The Morgan fingerprint density at radius 1 is 1.07 bits per heavy atom. The van der Waals surface area contributed by atoms with E-state index in [1.165, 1.54) is 12.3 Å². The number of anilines is 2. The average Bonchev–Trinajstić information content (AvgIpc) is 2.60. The summed E-state index contributed by atoms with van der Waals surface area (Å²) in [6, 6.07) is 12.4. The predicted molar refractivity (Wildman–Crippen MR) is 104 cm³/mol. The Morgan fingerprint density at radius 3 is 2.44 bits per heavy atom. The summed E-state index contributed by atoms with van der Waals surface area (Å²) in [5.41, 5.74) is 4.35. The molecule has 5 nitrogen and oxygen atoms in total. The minimum absolute atomic E-state index is 0.264. The maximum atomic E-state index is 13.7. The van der Waals surface area contributed by atoms with Crippen molar-refractivity contribution in [2.24, 2.45) is 0 Å². The fraction of sp³-hybridized carbons (Fsp3) is 0.190. The summed E-state index contributed by atoms with van der Waals surface area (Å²) in [5.74, 6) is -0.206. The zero-order valence-electron chi connectivity index (χ0n) is 15.5. The standard InChI is InChI=1S/C21H21FN4O/c1-13-8-14(2)10-17(9-13)26-20(27)18-12-24-21(25-15(18)3)23-11-16-6-4-5-7-19(16)22/h4-10,12H,11H2,1-3H3,(H,26,27)(H,23,24,25). The molecule has 0 saturated heterocycles. The normalized spacial score (nSPS) is 10.5. The molecule has 0 bridgehead atoms. The molecule has 1 heterocycles. The minimum atomic E-state index is -0.286. The third kappa shape index (κ3) is 4.67. The first-order valence-corrected chi connectivity index (χ1v) is 8.63. The molecule has 3 rings (SSSR count). The van der Waals surface area contributed by atoms with E-state index in [4.69, 9.17) is 0 Å². The van der Waals surface area contributed by atoms with Crippen LogP contribution in [0.25, 0.3) is 0 Å². The van der Waals surface area contributed by atoms with Crippen molar-refractivity contribution in [2.45, 2.75) is 27.3 Å². The van der Waals surface area contributed by atoms with Crippen LogP contribution in [0.4, 0.5) is 16.0 Å². The van der Waals surface area contributed by atoms with Crippen LogP contribution in [0.3, 0.4) is 0 Å². The van der Waals surface area contributed by atoms with Crippen LogP contribution >= 0.6 is 0 Å². The van der Waals surface area contributed by atoms with E-state index in [9.17, 15) is 9.18 Å². The van der Waals surface area contributed by atoms with Gasteiger partial charge in [-0.25, -0.2) is 14.4 Å². The lowest BCUT2D eigenvalue weighted by molar-refractivity contribution is 0.102. The molecular formula is C21H21FN4O. The van der Waals surface area contributed by atoms with Gasteiger partial charge < -0.3 is 10.6 Å². The molecule has 27 heavy (non-hydrogen) atoms.